The highest BCUT2D eigenvalue weighted by Gasteiger charge is 2.39. The van der Waals surface area contributed by atoms with Crippen LogP contribution in [0.2, 0.25) is 1.41 Å². The fraction of sp³-hybridized carbons (Fsp3) is 0.667. The first-order chi connectivity index (χ1) is 17.2. The summed E-state index contributed by atoms with van der Waals surface area (Å²) in [5.41, 5.74) is -1.57. The number of hydrogen-bond acceptors (Lipinski definition) is 7. The topological polar surface area (TPSA) is 119 Å². The van der Waals surface area contributed by atoms with Crippen LogP contribution in [0.5, 0.6) is 0 Å². The van der Waals surface area contributed by atoms with E-state index in [-0.39, 0.29) is 0 Å². The largest absolute Gasteiger partial charge is 0.385 e. The van der Waals surface area contributed by atoms with Crippen molar-refractivity contribution in [1.29, 1.82) is 0 Å². The molecule has 23 heavy (non-hydrogen) atoms. The first kappa shape index (κ1) is 6.31. The van der Waals surface area contributed by atoms with Gasteiger partial charge in [-0.1, -0.05) is 6.85 Å². The van der Waals surface area contributed by atoms with Crippen LogP contribution in [0.25, 0.3) is 0 Å². The number of nitrogens with one attached hydrogen (secondary N) is 1. The molecule has 0 saturated carbocycles. The van der Waals surface area contributed by atoms with Crippen LogP contribution in [0.3, 0.4) is 0 Å². The highest BCUT2D eigenvalue weighted by molar-refractivity contribution is 7.94. The number of fused-ring (bicyclic) bond motifs is 1. The molecule has 2 heterocycles. The van der Waals surface area contributed by atoms with Crippen LogP contribution in [-0.2, 0) is 24.8 Å². The van der Waals surface area contributed by atoms with Crippen molar-refractivity contribution >= 4 is 31.4 Å². The van der Waals surface area contributed by atoms with E-state index in [0.29, 0.717) is 0 Å². The van der Waals surface area contributed by atoms with Crippen LogP contribution in [0.4, 0.5) is 0 Å². The molecule has 11 heteroatoms. The van der Waals surface area contributed by atoms with Gasteiger partial charge in [-0.15, -0.1) is 11.3 Å². The molecule has 1 atom stereocenters. The van der Waals surface area contributed by atoms with E-state index in [1.165, 1.54) is 0 Å². The molecule has 0 spiro atoms. The fourth-order valence-corrected chi connectivity index (χ4v) is 5.07. The lowest BCUT2D eigenvalue weighted by Crippen LogP contribution is -2.43. The Balaban J connectivity index is 3.08. The predicted molar refractivity (Wildman–Crippen MR) is 87.4 cm³/mol. The Labute approximate surface area is 164 Å². The monoisotopic (exact) mass is 400 g/mol. The van der Waals surface area contributed by atoms with Crippen LogP contribution in [0.1, 0.15) is 46.8 Å². The third kappa shape index (κ3) is 3.92. The summed E-state index contributed by atoms with van der Waals surface area (Å²) < 4.78 is 185. The number of nitrogens with zero attached hydrogens (tertiary/aromatic N) is 1. The van der Waals surface area contributed by atoms with Gasteiger partial charge in [0, 0.05) is 50.5 Å². The smallest absolute Gasteiger partial charge is 0.252 e. The number of ether oxygens (including phenoxy) is 1. The van der Waals surface area contributed by atoms with Gasteiger partial charge >= 0.3 is 0 Å². The lowest BCUT2D eigenvalue weighted by Gasteiger charge is -2.32. The zero-order valence-corrected chi connectivity index (χ0v) is 13.4. The van der Waals surface area contributed by atoms with Crippen LogP contribution < -0.4 is 10.4 Å². The van der Waals surface area contributed by atoms with E-state index in [4.69, 9.17) is 28.5 Å². The standard InChI is InChI=1S/C12H21N3O5S3/c1-3-14-10-8-15(5-4-6-20-2)23(18,19)12-9(10)7-11(21-12)22(13,16)17/h7,10,14H,3-6,8H2,1-2H3,(H2,13,16,17)/t10-/m0/s1/i1D3,2D3,3D2,5D2,6D2,7D,8D2,10D/hD. The first-order valence-corrected chi connectivity index (χ1v) is 9.21. The van der Waals surface area contributed by atoms with Crippen molar-refractivity contribution in [3.8, 4) is 0 Å². The Morgan fingerprint density at radius 1 is 1.83 bits per heavy atom. The molecule has 1 aliphatic heterocycles. The lowest BCUT2D eigenvalue weighted by molar-refractivity contribution is 0.185. The zero-order chi connectivity index (χ0) is 32.1. The van der Waals surface area contributed by atoms with Crippen LogP contribution >= 0.6 is 11.3 Å². The summed E-state index contributed by atoms with van der Waals surface area (Å²) in [6.07, 6.45) is -1.92. The van der Waals surface area contributed by atoms with Crippen LogP contribution in [0, 0.1) is 0 Å². The molecule has 0 aliphatic carbocycles. The van der Waals surface area contributed by atoms with Crippen LogP contribution in [-0.4, -0.2) is 54.2 Å². The summed E-state index contributed by atoms with van der Waals surface area (Å²) in [6.45, 7) is -19.8. The molecule has 8 nitrogen and oxygen atoms in total. The molecule has 132 valence electrons. The van der Waals surface area contributed by atoms with E-state index < -0.39 is 113 Å². The summed E-state index contributed by atoms with van der Waals surface area (Å²) in [7, 11) is -14.4. The van der Waals surface area contributed by atoms with Gasteiger partial charge in [-0.25, -0.2) is 22.0 Å². The zero-order valence-electron chi connectivity index (χ0n) is 27.9. The quantitative estimate of drug-likeness (QED) is 0.669. The van der Waals surface area contributed by atoms with Crippen molar-refractivity contribution in [1.82, 2.24) is 9.62 Å². The Bertz CT molecular complexity index is 1390. The molecule has 0 radical (unpaired) electrons. The SMILES string of the molecule is [2H]c1c(S(N)(=O)=O)sc2c1[C@@]([2H])(N([2H])C([2H])([2H])C([2H])([2H])[2H])C([2H])([2H])N(C([2H])([2H])CC([2H])([2H])OC([2H])([2H])[2H])S2(=O)=O. The van der Waals surface area contributed by atoms with Gasteiger partial charge in [0.15, 0.2) is 0 Å². The average molecular weight is 401 g/mol. The molecule has 0 amide bonds. The van der Waals surface area contributed by atoms with Crippen molar-refractivity contribution in [2.75, 3.05) is 33.1 Å². The molecular formula is C12H21N3O5S3. The van der Waals surface area contributed by atoms with E-state index in [0.717, 1.165) is 0 Å². The molecule has 1 aromatic rings. The molecular weight excluding hydrogens is 362 g/mol. The highest BCUT2D eigenvalue weighted by Crippen LogP contribution is 2.39. The Hall–Kier alpha value is -0.560. The van der Waals surface area contributed by atoms with E-state index in [1.807, 2.05) is 0 Å². The summed E-state index contributed by atoms with van der Waals surface area (Å²) in [5, 5.41) is 4.07. The van der Waals surface area contributed by atoms with Crippen molar-refractivity contribution in [3.05, 3.63) is 11.6 Å². The first-order valence-electron chi connectivity index (χ1n) is 13.9. The number of hydrogen-bond donors (Lipinski definition) is 2. The fourth-order valence-electron chi connectivity index (χ4n) is 1.48. The van der Waals surface area contributed by atoms with Gasteiger partial charge in [-0.2, -0.15) is 4.31 Å². The van der Waals surface area contributed by atoms with E-state index in [1.54, 1.807) is 0 Å². The minimum Gasteiger partial charge on any atom is -0.385 e. The number of rotatable bonds is 7. The average Bonchev–Trinajstić information content (AvgIpc) is 2.99. The van der Waals surface area contributed by atoms with E-state index in [2.05, 4.69) is 4.74 Å². The molecule has 0 fully saturated rings. The molecule has 1 aliphatic rings. The van der Waals surface area contributed by atoms with Gasteiger partial charge in [0.2, 0.25) is 10.0 Å². The third-order valence-electron chi connectivity index (χ3n) is 2.33. The van der Waals surface area contributed by atoms with Gasteiger partial charge in [0.05, 0.1) is 9.60 Å². The minimum absolute atomic E-state index is 0.409. The number of methoxy groups -OCH3 is 1. The summed E-state index contributed by atoms with van der Waals surface area (Å²) in [4.78, 5) is 0. The molecule has 0 saturated heterocycles. The van der Waals surface area contributed by atoms with E-state index >= 15 is 0 Å². The minimum atomic E-state index is -5.81. The van der Waals surface area contributed by atoms with Gasteiger partial charge in [-0.05, 0) is 19.0 Å². The Morgan fingerprint density at radius 2 is 2.61 bits per heavy atom. The second-order valence-corrected chi connectivity index (χ2v) is 8.52. The van der Waals surface area contributed by atoms with Crippen molar-refractivity contribution in [2.45, 2.75) is 27.7 Å². The summed E-state index contributed by atoms with van der Waals surface area (Å²) in [5.74, 6) is 0. The molecule has 2 rings (SSSR count). The highest BCUT2D eigenvalue weighted by atomic mass is 32.3. The number of primary sulfonamides is 1. The normalized spacial score (nSPS) is 40.7. The maximum absolute atomic E-state index is 13.6. The van der Waals surface area contributed by atoms with Gasteiger partial charge in [0.1, 0.15) is 9.83 Å². The number of sulfonamides is 2. The molecule has 1 aromatic heterocycles. The second-order valence-electron chi connectivity index (χ2n) is 3.76. The van der Waals surface area contributed by atoms with E-state index in [9.17, 15) is 16.8 Å². The Kier molecular flexibility index (Phi) is 1.96. The number of thiophene rings is 1. The van der Waals surface area contributed by atoms with Crippen molar-refractivity contribution < 1.29 is 44.9 Å². The molecule has 0 unspecified atom stereocenters. The van der Waals surface area contributed by atoms with Crippen molar-refractivity contribution in [2.24, 2.45) is 5.14 Å². The Morgan fingerprint density at radius 3 is 3.26 bits per heavy atom. The lowest BCUT2D eigenvalue weighted by atomic mass is 10.1. The van der Waals surface area contributed by atoms with Crippen LogP contribution in [0.15, 0.2) is 14.5 Å². The molecule has 3 N–H and O–H groups in total. The maximum Gasteiger partial charge on any atom is 0.252 e. The van der Waals surface area contributed by atoms with Gasteiger partial charge in [-0.3, -0.25) is 0 Å². The predicted octanol–water partition coefficient (Wildman–Crippen LogP) is 0.0869. The second kappa shape index (κ2) is 7.13. The molecule has 0 aromatic carbocycles. The summed E-state index contributed by atoms with van der Waals surface area (Å²) in [6, 6.07) is -5.61. The molecule has 0 bridgehead atoms. The summed E-state index contributed by atoms with van der Waals surface area (Å²) >= 11 is -0.409. The third-order valence-corrected chi connectivity index (χ3v) is 6.83. The number of nitrogens with two attached hydrogens (primary N) is 1. The van der Waals surface area contributed by atoms with Crippen molar-refractivity contribution in [3.63, 3.8) is 0 Å². The maximum atomic E-state index is 13.6. The number of likely N-dealkylation sites (N-methyl/N-ethyl adjacent to an activating group) is 1. The van der Waals surface area contributed by atoms with Gasteiger partial charge < -0.3 is 10.0 Å². The van der Waals surface area contributed by atoms with Gasteiger partial charge in [0.25, 0.3) is 10.0 Å².